The lowest BCUT2D eigenvalue weighted by Crippen LogP contribution is -2.30. The highest BCUT2D eigenvalue weighted by atomic mass is 35.5. The second kappa shape index (κ2) is 10.5. The number of thiazole rings is 1. The quantitative estimate of drug-likeness (QED) is 0.307. The number of nitrogens with zero attached hydrogens (tertiary/aromatic N) is 1. The van der Waals surface area contributed by atoms with Gasteiger partial charge in [-0.15, -0.1) is 22.7 Å². The van der Waals surface area contributed by atoms with Crippen molar-refractivity contribution in [3.05, 3.63) is 99.3 Å². The number of nitrogens with one attached hydrogen (secondary N) is 1. The summed E-state index contributed by atoms with van der Waals surface area (Å²) in [5.41, 5.74) is 1.86. The van der Waals surface area contributed by atoms with Gasteiger partial charge in [0.15, 0.2) is 0 Å². The van der Waals surface area contributed by atoms with Gasteiger partial charge in [-0.3, -0.25) is 9.59 Å². The van der Waals surface area contributed by atoms with Gasteiger partial charge in [-0.05, 0) is 29.1 Å². The largest absolute Gasteiger partial charge is 0.459 e. The van der Waals surface area contributed by atoms with Gasteiger partial charge in [0.1, 0.15) is 11.6 Å². The van der Waals surface area contributed by atoms with Crippen LogP contribution in [0.5, 0.6) is 0 Å². The van der Waals surface area contributed by atoms with Crippen LogP contribution >= 0.6 is 34.3 Å². The molecular formula is C24H19ClN2O3S2. The van der Waals surface area contributed by atoms with Gasteiger partial charge in [-0.1, -0.05) is 60.1 Å². The Kier molecular flexibility index (Phi) is 7.32. The van der Waals surface area contributed by atoms with Crippen LogP contribution < -0.4 is 5.32 Å². The van der Waals surface area contributed by atoms with Crippen LogP contribution in [0.25, 0.3) is 9.88 Å². The van der Waals surface area contributed by atoms with Gasteiger partial charge >= 0.3 is 5.97 Å². The van der Waals surface area contributed by atoms with Crippen molar-refractivity contribution in [2.75, 3.05) is 0 Å². The minimum Gasteiger partial charge on any atom is -0.459 e. The summed E-state index contributed by atoms with van der Waals surface area (Å²) in [6.45, 7) is 0.0840. The van der Waals surface area contributed by atoms with E-state index >= 15 is 0 Å². The van der Waals surface area contributed by atoms with E-state index in [0.717, 1.165) is 15.4 Å². The summed E-state index contributed by atoms with van der Waals surface area (Å²) in [4.78, 5) is 31.0. The van der Waals surface area contributed by atoms with Crippen molar-refractivity contribution in [2.24, 2.45) is 0 Å². The fourth-order valence-electron chi connectivity index (χ4n) is 3.09. The van der Waals surface area contributed by atoms with E-state index in [9.17, 15) is 9.59 Å². The molecule has 0 saturated carbocycles. The number of hydrogen-bond acceptors (Lipinski definition) is 6. The molecule has 0 aliphatic carbocycles. The molecule has 8 heteroatoms. The number of carbonyl (C=O) groups excluding carboxylic acids is 2. The number of esters is 1. The second-order valence-corrected chi connectivity index (χ2v) is 9.12. The first-order chi connectivity index (χ1) is 15.6. The van der Waals surface area contributed by atoms with Gasteiger partial charge in [-0.2, -0.15) is 0 Å². The third kappa shape index (κ3) is 5.62. The van der Waals surface area contributed by atoms with Gasteiger partial charge < -0.3 is 10.1 Å². The number of rotatable bonds is 8. The van der Waals surface area contributed by atoms with Crippen molar-refractivity contribution in [2.45, 2.75) is 19.1 Å². The Hall–Kier alpha value is -3.00. The monoisotopic (exact) mass is 482 g/mol. The van der Waals surface area contributed by atoms with E-state index in [1.807, 2.05) is 53.2 Å². The Labute approximate surface area is 198 Å². The standard InChI is InChI=1S/C24H19ClN2O3S2/c25-19-10-5-4-9-18(19)23(29)27-20(16-7-2-1-3-8-16)13-22(28)30-14-17-15-32-24(26-17)21-11-6-12-31-21/h1-12,15,20H,13-14H2,(H,27,29). The van der Waals surface area contributed by atoms with Crippen LogP contribution in [0.15, 0.2) is 77.5 Å². The average molecular weight is 483 g/mol. The predicted octanol–water partition coefficient (Wildman–Crippen LogP) is 6.13. The Balaban J connectivity index is 1.41. The maximum absolute atomic E-state index is 12.8. The average Bonchev–Trinajstić information content (AvgIpc) is 3.50. The highest BCUT2D eigenvalue weighted by molar-refractivity contribution is 7.20. The van der Waals surface area contributed by atoms with Crippen LogP contribution in [0.4, 0.5) is 0 Å². The number of halogens is 1. The van der Waals surface area contributed by atoms with Gasteiger partial charge in [0.25, 0.3) is 5.91 Å². The van der Waals surface area contributed by atoms with Crippen LogP contribution in [0, 0.1) is 0 Å². The first kappa shape index (κ1) is 22.2. The van der Waals surface area contributed by atoms with E-state index in [2.05, 4.69) is 10.3 Å². The van der Waals surface area contributed by atoms with Crippen molar-refractivity contribution >= 4 is 46.2 Å². The molecule has 4 rings (SSSR count). The normalized spacial score (nSPS) is 11.7. The minimum atomic E-state index is -0.551. The van der Waals surface area contributed by atoms with Gasteiger partial charge in [-0.25, -0.2) is 4.98 Å². The lowest BCUT2D eigenvalue weighted by atomic mass is 10.0. The van der Waals surface area contributed by atoms with E-state index in [1.54, 1.807) is 35.6 Å². The molecule has 1 atom stereocenters. The van der Waals surface area contributed by atoms with Crippen molar-refractivity contribution in [1.29, 1.82) is 0 Å². The number of carbonyl (C=O) groups is 2. The predicted molar refractivity (Wildman–Crippen MR) is 128 cm³/mol. The topological polar surface area (TPSA) is 68.3 Å². The fraction of sp³-hybridized carbons (Fsp3) is 0.125. The number of amides is 1. The van der Waals surface area contributed by atoms with Crippen molar-refractivity contribution in [3.63, 3.8) is 0 Å². The summed E-state index contributed by atoms with van der Waals surface area (Å²) in [6, 6.07) is 19.5. The molecular weight excluding hydrogens is 464 g/mol. The number of benzene rings is 2. The third-order valence-corrected chi connectivity index (χ3v) is 6.92. The molecule has 1 unspecified atom stereocenters. The van der Waals surface area contributed by atoms with Crippen LogP contribution in [0.3, 0.4) is 0 Å². The highest BCUT2D eigenvalue weighted by Crippen LogP contribution is 2.28. The van der Waals surface area contributed by atoms with Gasteiger partial charge in [0.2, 0.25) is 0 Å². The molecule has 5 nitrogen and oxygen atoms in total. The maximum atomic E-state index is 12.8. The number of thiophene rings is 1. The third-order valence-electron chi connectivity index (χ3n) is 4.66. The highest BCUT2D eigenvalue weighted by Gasteiger charge is 2.21. The minimum absolute atomic E-state index is 0.0118. The molecule has 0 saturated heterocycles. The number of ether oxygens (including phenoxy) is 1. The zero-order valence-electron chi connectivity index (χ0n) is 16.9. The molecule has 2 heterocycles. The molecule has 0 radical (unpaired) electrons. The van der Waals surface area contributed by atoms with Crippen LogP contribution in [-0.2, 0) is 16.1 Å². The number of aromatic nitrogens is 1. The first-order valence-corrected chi connectivity index (χ1v) is 12.0. The SMILES string of the molecule is O=C(CC(NC(=O)c1ccccc1Cl)c1ccccc1)OCc1csc(-c2cccs2)n1. The Morgan fingerprint density at radius 1 is 1.00 bits per heavy atom. The van der Waals surface area contributed by atoms with Crippen LogP contribution in [0.1, 0.15) is 34.1 Å². The molecule has 1 N–H and O–H groups in total. The summed E-state index contributed by atoms with van der Waals surface area (Å²) in [6.07, 6.45) is -0.0118. The Morgan fingerprint density at radius 2 is 1.78 bits per heavy atom. The summed E-state index contributed by atoms with van der Waals surface area (Å²) in [5.74, 6) is -0.777. The summed E-state index contributed by atoms with van der Waals surface area (Å²) < 4.78 is 5.45. The summed E-state index contributed by atoms with van der Waals surface area (Å²) in [5, 5.41) is 8.04. The van der Waals surface area contributed by atoms with Crippen LogP contribution in [-0.4, -0.2) is 16.9 Å². The van der Waals surface area contributed by atoms with Gasteiger partial charge in [0, 0.05) is 5.38 Å². The molecule has 4 aromatic rings. The summed E-state index contributed by atoms with van der Waals surface area (Å²) in [7, 11) is 0. The van der Waals surface area contributed by atoms with Crippen LogP contribution in [0.2, 0.25) is 5.02 Å². The summed E-state index contributed by atoms with van der Waals surface area (Å²) >= 11 is 9.28. The molecule has 0 fully saturated rings. The van der Waals surface area contributed by atoms with E-state index in [4.69, 9.17) is 16.3 Å². The zero-order chi connectivity index (χ0) is 22.3. The molecule has 0 aliphatic heterocycles. The second-order valence-electron chi connectivity index (χ2n) is 6.90. The molecule has 1 amide bonds. The van der Waals surface area contributed by atoms with E-state index in [0.29, 0.717) is 16.3 Å². The van der Waals surface area contributed by atoms with E-state index in [1.165, 1.54) is 11.3 Å². The van der Waals surface area contributed by atoms with Crippen molar-refractivity contribution in [3.8, 4) is 9.88 Å². The molecule has 0 aliphatic rings. The van der Waals surface area contributed by atoms with Crippen molar-refractivity contribution < 1.29 is 14.3 Å². The maximum Gasteiger partial charge on any atom is 0.308 e. The lowest BCUT2D eigenvalue weighted by Gasteiger charge is -2.19. The Bertz CT molecular complexity index is 1190. The molecule has 2 aromatic heterocycles. The molecule has 2 aromatic carbocycles. The molecule has 0 bridgehead atoms. The van der Waals surface area contributed by atoms with Gasteiger partial charge in [0.05, 0.1) is 33.6 Å². The van der Waals surface area contributed by atoms with E-state index < -0.39 is 12.0 Å². The molecule has 0 spiro atoms. The number of hydrogen-bond donors (Lipinski definition) is 1. The Morgan fingerprint density at radius 3 is 2.53 bits per heavy atom. The molecule has 32 heavy (non-hydrogen) atoms. The smallest absolute Gasteiger partial charge is 0.308 e. The zero-order valence-corrected chi connectivity index (χ0v) is 19.3. The van der Waals surface area contributed by atoms with E-state index in [-0.39, 0.29) is 18.9 Å². The van der Waals surface area contributed by atoms with Crippen molar-refractivity contribution in [1.82, 2.24) is 10.3 Å². The molecule has 162 valence electrons. The fourth-order valence-corrected chi connectivity index (χ4v) is 4.93. The lowest BCUT2D eigenvalue weighted by molar-refractivity contribution is -0.145. The first-order valence-electron chi connectivity index (χ1n) is 9.84.